The summed E-state index contributed by atoms with van der Waals surface area (Å²) in [6.07, 6.45) is 3.88. The van der Waals surface area contributed by atoms with E-state index < -0.39 is 12.0 Å². The zero-order valence-corrected chi connectivity index (χ0v) is 10.0. The summed E-state index contributed by atoms with van der Waals surface area (Å²) in [5.74, 6) is 1.43. The van der Waals surface area contributed by atoms with Gasteiger partial charge >= 0.3 is 5.97 Å². The lowest BCUT2D eigenvalue weighted by molar-refractivity contribution is -0.141. The van der Waals surface area contributed by atoms with E-state index in [9.17, 15) is 4.79 Å². The number of nitrogens with zero attached hydrogens (tertiary/aromatic N) is 3. The Labute approximate surface area is 104 Å². The molecule has 2 heterocycles. The van der Waals surface area contributed by atoms with E-state index in [0.717, 1.165) is 31.6 Å². The van der Waals surface area contributed by atoms with Crippen molar-refractivity contribution in [3.8, 4) is 0 Å². The van der Waals surface area contributed by atoms with Crippen molar-refractivity contribution in [3.63, 3.8) is 0 Å². The number of carbonyl (C=O) groups is 1. The van der Waals surface area contributed by atoms with Crippen LogP contribution in [0.5, 0.6) is 0 Å². The highest BCUT2D eigenvalue weighted by Crippen LogP contribution is 2.41. The number of aromatic amines is 1. The second kappa shape index (κ2) is 4.64. The van der Waals surface area contributed by atoms with Crippen LogP contribution in [-0.2, 0) is 4.79 Å². The lowest BCUT2D eigenvalue weighted by atomic mass is 9.69. The van der Waals surface area contributed by atoms with Gasteiger partial charge in [-0.3, -0.25) is 4.79 Å². The van der Waals surface area contributed by atoms with Gasteiger partial charge in [-0.2, -0.15) is 5.21 Å². The molecule has 3 N–H and O–H groups in total. The third kappa shape index (κ3) is 2.10. The van der Waals surface area contributed by atoms with Crippen molar-refractivity contribution in [1.82, 2.24) is 25.9 Å². The van der Waals surface area contributed by atoms with E-state index in [2.05, 4.69) is 25.9 Å². The van der Waals surface area contributed by atoms with Crippen LogP contribution in [0.4, 0.5) is 0 Å². The van der Waals surface area contributed by atoms with Crippen LogP contribution in [0.15, 0.2) is 0 Å². The number of rotatable bonds is 2. The van der Waals surface area contributed by atoms with Crippen LogP contribution in [-0.4, -0.2) is 44.3 Å². The maximum atomic E-state index is 11.0. The molecule has 0 aromatic carbocycles. The summed E-state index contributed by atoms with van der Waals surface area (Å²) in [5, 5.41) is 26.4. The summed E-state index contributed by atoms with van der Waals surface area (Å²) in [5.41, 5.74) is 0. The largest absolute Gasteiger partial charge is 0.480 e. The molecule has 4 atom stereocenters. The monoisotopic (exact) mass is 251 g/mol. The highest BCUT2D eigenvalue weighted by molar-refractivity contribution is 5.73. The number of fused-ring (bicyclic) bond motifs is 1. The molecule has 0 radical (unpaired) electrons. The van der Waals surface area contributed by atoms with Gasteiger partial charge in [0.25, 0.3) is 0 Å². The number of hydrogen-bond donors (Lipinski definition) is 3. The molecule has 0 amide bonds. The van der Waals surface area contributed by atoms with Crippen LogP contribution in [0.2, 0.25) is 0 Å². The number of nitrogens with one attached hydrogen (secondary N) is 2. The normalized spacial score (nSPS) is 36.0. The van der Waals surface area contributed by atoms with Crippen molar-refractivity contribution in [3.05, 3.63) is 5.82 Å². The molecule has 98 valence electrons. The van der Waals surface area contributed by atoms with Crippen LogP contribution >= 0.6 is 0 Å². The van der Waals surface area contributed by atoms with Crippen molar-refractivity contribution < 1.29 is 9.90 Å². The quantitative estimate of drug-likeness (QED) is 0.691. The van der Waals surface area contributed by atoms with Crippen LogP contribution in [0.25, 0.3) is 0 Å². The van der Waals surface area contributed by atoms with E-state index in [-0.39, 0.29) is 0 Å². The number of aromatic nitrogens is 4. The lowest BCUT2D eigenvalue weighted by Crippen LogP contribution is -2.49. The van der Waals surface area contributed by atoms with Gasteiger partial charge in [0.2, 0.25) is 0 Å². The number of H-pyrrole nitrogens is 1. The molecule has 1 saturated carbocycles. The lowest BCUT2D eigenvalue weighted by Gasteiger charge is -2.40. The van der Waals surface area contributed by atoms with Crippen LogP contribution in [0.1, 0.15) is 37.4 Å². The van der Waals surface area contributed by atoms with Crippen molar-refractivity contribution in [2.45, 2.75) is 37.6 Å². The summed E-state index contributed by atoms with van der Waals surface area (Å²) >= 11 is 0. The van der Waals surface area contributed by atoms with Crippen LogP contribution in [0, 0.1) is 11.8 Å². The minimum absolute atomic E-state index is 0.331. The molecular formula is C11H17N5O2. The number of piperidine rings is 1. The Kier molecular flexibility index (Phi) is 2.99. The molecule has 1 aromatic rings. The molecule has 1 aromatic heterocycles. The van der Waals surface area contributed by atoms with Gasteiger partial charge in [-0.15, -0.1) is 10.2 Å². The first-order chi connectivity index (χ1) is 8.74. The molecule has 2 aliphatic rings. The Bertz CT molecular complexity index is 421. The third-order valence-corrected chi connectivity index (χ3v) is 4.33. The topological polar surface area (TPSA) is 104 Å². The Morgan fingerprint density at radius 3 is 2.89 bits per heavy atom. The SMILES string of the molecule is O=C(O)[C@@H]1C[C@H]2C[C@H](c3nn[nH]n3)CC[C@H]2CN1. The first-order valence-electron chi connectivity index (χ1n) is 6.43. The Morgan fingerprint density at radius 2 is 2.17 bits per heavy atom. The molecule has 18 heavy (non-hydrogen) atoms. The van der Waals surface area contributed by atoms with Crippen LogP contribution in [0.3, 0.4) is 0 Å². The predicted molar refractivity (Wildman–Crippen MR) is 61.8 cm³/mol. The molecule has 1 aliphatic heterocycles. The highest BCUT2D eigenvalue weighted by Gasteiger charge is 2.38. The van der Waals surface area contributed by atoms with Crippen molar-refractivity contribution in [1.29, 1.82) is 0 Å². The van der Waals surface area contributed by atoms with E-state index in [0.29, 0.717) is 24.2 Å². The Balaban J connectivity index is 1.68. The summed E-state index contributed by atoms with van der Waals surface area (Å²) in [7, 11) is 0. The van der Waals surface area contributed by atoms with E-state index >= 15 is 0 Å². The van der Waals surface area contributed by atoms with Gasteiger partial charge < -0.3 is 10.4 Å². The fraction of sp³-hybridized carbons (Fsp3) is 0.818. The third-order valence-electron chi connectivity index (χ3n) is 4.33. The Hall–Kier alpha value is -1.50. The van der Waals surface area contributed by atoms with Gasteiger partial charge in [0.05, 0.1) is 0 Å². The highest BCUT2D eigenvalue weighted by atomic mass is 16.4. The maximum Gasteiger partial charge on any atom is 0.320 e. The smallest absolute Gasteiger partial charge is 0.320 e. The van der Waals surface area contributed by atoms with E-state index in [1.54, 1.807) is 0 Å². The molecular weight excluding hydrogens is 234 g/mol. The van der Waals surface area contributed by atoms with Crippen molar-refractivity contribution >= 4 is 5.97 Å². The zero-order chi connectivity index (χ0) is 12.5. The second-order valence-electron chi connectivity index (χ2n) is 5.33. The van der Waals surface area contributed by atoms with Gasteiger partial charge in [0.15, 0.2) is 5.82 Å². The standard InChI is InChI=1S/C11H17N5O2/c17-11(18)9-4-8-3-6(10-13-15-16-14-10)1-2-7(8)5-12-9/h6-9,12H,1-5H2,(H,17,18)(H,13,14,15,16)/t6-,7+,8-,9+/m1/s1. The van der Waals surface area contributed by atoms with Crippen molar-refractivity contribution in [2.75, 3.05) is 6.54 Å². The molecule has 0 spiro atoms. The zero-order valence-electron chi connectivity index (χ0n) is 10.0. The first-order valence-corrected chi connectivity index (χ1v) is 6.43. The summed E-state index contributed by atoms with van der Waals surface area (Å²) in [6, 6.07) is -0.393. The molecule has 1 aliphatic carbocycles. The first kappa shape index (κ1) is 11.6. The molecule has 0 bridgehead atoms. The Morgan fingerprint density at radius 1 is 1.28 bits per heavy atom. The molecule has 7 nitrogen and oxygen atoms in total. The molecule has 2 fully saturated rings. The fourth-order valence-electron chi connectivity index (χ4n) is 3.33. The number of tetrazole rings is 1. The van der Waals surface area contributed by atoms with Crippen molar-refractivity contribution in [2.24, 2.45) is 11.8 Å². The summed E-state index contributed by atoms with van der Waals surface area (Å²) < 4.78 is 0. The van der Waals surface area contributed by atoms with Crippen LogP contribution < -0.4 is 5.32 Å². The van der Waals surface area contributed by atoms with Gasteiger partial charge in [-0.1, -0.05) is 5.21 Å². The summed E-state index contributed by atoms with van der Waals surface area (Å²) in [6.45, 7) is 0.820. The number of carboxylic acids is 1. The number of aliphatic carboxylic acids is 1. The maximum absolute atomic E-state index is 11.0. The number of carboxylic acid groups (broad SMARTS) is 1. The van der Waals surface area contributed by atoms with Gasteiger partial charge in [-0.05, 0) is 44.1 Å². The average molecular weight is 251 g/mol. The van der Waals surface area contributed by atoms with Gasteiger partial charge in [0.1, 0.15) is 6.04 Å². The molecule has 3 rings (SSSR count). The fourth-order valence-corrected chi connectivity index (χ4v) is 3.33. The molecule has 0 unspecified atom stereocenters. The average Bonchev–Trinajstić information content (AvgIpc) is 2.91. The van der Waals surface area contributed by atoms with E-state index in [4.69, 9.17) is 5.11 Å². The predicted octanol–water partition coefficient (Wildman–Crippen LogP) is 0.146. The van der Waals surface area contributed by atoms with Gasteiger partial charge in [0, 0.05) is 5.92 Å². The number of hydrogen-bond acceptors (Lipinski definition) is 5. The molecule has 1 saturated heterocycles. The summed E-state index contributed by atoms with van der Waals surface area (Å²) in [4.78, 5) is 11.0. The minimum Gasteiger partial charge on any atom is -0.480 e. The van der Waals surface area contributed by atoms with E-state index in [1.807, 2.05) is 0 Å². The molecule has 7 heteroatoms. The minimum atomic E-state index is -0.741. The van der Waals surface area contributed by atoms with E-state index in [1.165, 1.54) is 0 Å². The second-order valence-corrected chi connectivity index (χ2v) is 5.33. The van der Waals surface area contributed by atoms with Gasteiger partial charge in [-0.25, -0.2) is 0 Å².